The zero-order chi connectivity index (χ0) is 15.2. The highest BCUT2D eigenvalue weighted by molar-refractivity contribution is 6.33. The summed E-state index contributed by atoms with van der Waals surface area (Å²) in [5.41, 5.74) is 0.965. The maximum Gasteiger partial charge on any atom is 0.246 e. The van der Waals surface area contributed by atoms with Crippen molar-refractivity contribution >= 4 is 34.8 Å². The number of hydrogen-bond acceptors (Lipinski definition) is 5. The van der Waals surface area contributed by atoms with E-state index in [0.29, 0.717) is 22.8 Å². The normalized spacial score (nSPS) is 10.2. The molecule has 2 amide bonds. The molecule has 0 spiro atoms. The number of anilines is 2. The molecule has 1 aromatic heterocycles. The Bertz CT molecular complexity index is 643. The molecule has 0 aliphatic carbocycles. The van der Waals surface area contributed by atoms with Crippen molar-refractivity contribution in [3.8, 4) is 0 Å². The van der Waals surface area contributed by atoms with Crippen molar-refractivity contribution in [2.75, 3.05) is 10.6 Å². The average molecular weight is 309 g/mol. The summed E-state index contributed by atoms with van der Waals surface area (Å²) in [7, 11) is 0. The van der Waals surface area contributed by atoms with Crippen LogP contribution in [0.4, 0.5) is 11.4 Å². The number of nitrogens with zero attached hydrogens (tertiary/aromatic N) is 4. The highest BCUT2D eigenvalue weighted by Crippen LogP contribution is 2.25. The molecule has 0 saturated heterocycles. The Morgan fingerprint density at radius 1 is 1.29 bits per heavy atom. The summed E-state index contributed by atoms with van der Waals surface area (Å²) in [6.45, 7) is 1.72. The first-order valence-corrected chi connectivity index (χ1v) is 6.56. The summed E-state index contributed by atoms with van der Waals surface area (Å²) in [4.78, 5) is 23.2. The van der Waals surface area contributed by atoms with Crippen molar-refractivity contribution < 1.29 is 9.59 Å². The third-order valence-corrected chi connectivity index (χ3v) is 2.87. The first-order valence-electron chi connectivity index (χ1n) is 6.18. The van der Waals surface area contributed by atoms with E-state index in [0.717, 1.165) is 0 Å². The number of hydrogen-bond donors (Lipinski definition) is 2. The van der Waals surface area contributed by atoms with Gasteiger partial charge in [-0.3, -0.25) is 9.59 Å². The van der Waals surface area contributed by atoms with E-state index in [-0.39, 0.29) is 18.4 Å². The fraction of sp³-hybridized carbons (Fsp3) is 0.250. The second-order valence-corrected chi connectivity index (χ2v) is 4.56. The first-order chi connectivity index (χ1) is 10.1. The van der Waals surface area contributed by atoms with Gasteiger partial charge in [-0.05, 0) is 28.6 Å². The SMILES string of the molecule is CCC(=O)Nc1ccc(Cl)c(NC(=O)Cn2cnnn2)c1. The lowest BCUT2D eigenvalue weighted by Gasteiger charge is -2.10. The zero-order valence-corrected chi connectivity index (χ0v) is 12.0. The fourth-order valence-corrected chi connectivity index (χ4v) is 1.70. The van der Waals surface area contributed by atoms with Gasteiger partial charge in [0.15, 0.2) is 0 Å². The van der Waals surface area contributed by atoms with Gasteiger partial charge in [-0.1, -0.05) is 18.5 Å². The smallest absolute Gasteiger partial charge is 0.246 e. The highest BCUT2D eigenvalue weighted by Gasteiger charge is 2.09. The molecular weight excluding hydrogens is 296 g/mol. The molecule has 0 aliphatic rings. The number of nitrogens with one attached hydrogen (secondary N) is 2. The summed E-state index contributed by atoms with van der Waals surface area (Å²) < 4.78 is 1.28. The lowest BCUT2D eigenvalue weighted by atomic mass is 10.2. The molecule has 0 radical (unpaired) electrons. The number of amides is 2. The van der Waals surface area contributed by atoms with E-state index < -0.39 is 0 Å². The second kappa shape index (κ2) is 6.80. The maximum absolute atomic E-state index is 11.8. The Labute approximate surface area is 125 Å². The molecule has 1 heterocycles. The zero-order valence-electron chi connectivity index (χ0n) is 11.2. The molecule has 8 nitrogen and oxygen atoms in total. The first kappa shape index (κ1) is 14.9. The molecule has 0 saturated carbocycles. The molecule has 9 heteroatoms. The Morgan fingerprint density at radius 3 is 2.76 bits per heavy atom. The molecule has 2 rings (SSSR count). The van der Waals surface area contributed by atoms with Gasteiger partial charge in [0.05, 0.1) is 10.7 Å². The van der Waals surface area contributed by atoms with Crippen molar-refractivity contribution in [3.05, 3.63) is 29.5 Å². The molecule has 21 heavy (non-hydrogen) atoms. The van der Waals surface area contributed by atoms with Gasteiger partial charge in [0.2, 0.25) is 11.8 Å². The minimum atomic E-state index is -0.330. The summed E-state index contributed by atoms with van der Waals surface area (Å²) in [6, 6.07) is 4.85. The average Bonchev–Trinajstić information content (AvgIpc) is 2.95. The Kier molecular flexibility index (Phi) is 4.83. The summed E-state index contributed by atoms with van der Waals surface area (Å²) in [5, 5.41) is 16.2. The molecule has 110 valence electrons. The molecule has 0 aliphatic heterocycles. The number of rotatable bonds is 5. The Morgan fingerprint density at radius 2 is 2.10 bits per heavy atom. The number of carbonyl (C=O) groups is 2. The van der Waals surface area contributed by atoms with Gasteiger partial charge in [0.25, 0.3) is 0 Å². The van der Waals surface area contributed by atoms with Gasteiger partial charge < -0.3 is 10.6 Å². The lowest BCUT2D eigenvalue weighted by molar-refractivity contribution is -0.117. The van der Waals surface area contributed by atoms with E-state index in [1.807, 2.05) is 0 Å². The van der Waals surface area contributed by atoms with Crippen LogP contribution in [0.5, 0.6) is 0 Å². The molecular formula is C12H13ClN6O2. The topological polar surface area (TPSA) is 102 Å². The summed E-state index contributed by atoms with van der Waals surface area (Å²) in [6.07, 6.45) is 1.70. The van der Waals surface area contributed by atoms with Crippen molar-refractivity contribution in [2.45, 2.75) is 19.9 Å². The van der Waals surface area contributed by atoms with E-state index in [1.54, 1.807) is 25.1 Å². The van der Waals surface area contributed by atoms with Crippen LogP contribution in [0.2, 0.25) is 5.02 Å². The minimum absolute atomic E-state index is 0.0329. The predicted molar refractivity (Wildman–Crippen MR) is 76.8 cm³/mol. The summed E-state index contributed by atoms with van der Waals surface area (Å²) in [5.74, 6) is -0.452. The van der Waals surface area contributed by atoms with Crippen molar-refractivity contribution in [1.82, 2.24) is 20.2 Å². The quantitative estimate of drug-likeness (QED) is 0.867. The molecule has 0 atom stereocenters. The van der Waals surface area contributed by atoms with Crippen molar-refractivity contribution in [3.63, 3.8) is 0 Å². The van der Waals surface area contributed by atoms with Crippen molar-refractivity contribution in [2.24, 2.45) is 0 Å². The van der Waals surface area contributed by atoms with Gasteiger partial charge in [-0.2, -0.15) is 0 Å². The van der Waals surface area contributed by atoms with Gasteiger partial charge >= 0.3 is 0 Å². The number of benzene rings is 1. The molecule has 0 unspecified atom stereocenters. The van der Waals surface area contributed by atoms with Crippen LogP contribution in [0.3, 0.4) is 0 Å². The van der Waals surface area contributed by atoms with Crippen LogP contribution in [-0.2, 0) is 16.1 Å². The maximum atomic E-state index is 11.8. The number of tetrazole rings is 1. The molecule has 0 fully saturated rings. The monoisotopic (exact) mass is 308 g/mol. The fourth-order valence-electron chi connectivity index (χ4n) is 1.54. The van der Waals surface area contributed by atoms with Gasteiger partial charge in [0, 0.05) is 12.1 Å². The van der Waals surface area contributed by atoms with Crippen LogP contribution in [-0.4, -0.2) is 32.0 Å². The lowest BCUT2D eigenvalue weighted by Crippen LogP contribution is -2.19. The molecule has 2 N–H and O–H groups in total. The highest BCUT2D eigenvalue weighted by atomic mass is 35.5. The van der Waals surface area contributed by atoms with Crippen LogP contribution in [0.15, 0.2) is 24.5 Å². The van der Waals surface area contributed by atoms with Crippen LogP contribution < -0.4 is 10.6 Å². The van der Waals surface area contributed by atoms with Crippen LogP contribution >= 0.6 is 11.6 Å². The standard InChI is InChI=1S/C12H13ClN6O2/c1-2-11(20)15-8-3-4-9(13)10(5-8)16-12(21)6-19-7-14-17-18-19/h3-5,7H,2,6H2,1H3,(H,15,20)(H,16,21). The third-order valence-electron chi connectivity index (χ3n) is 2.54. The van der Waals surface area contributed by atoms with Crippen LogP contribution in [0.25, 0.3) is 0 Å². The van der Waals surface area contributed by atoms with Crippen LogP contribution in [0.1, 0.15) is 13.3 Å². The largest absolute Gasteiger partial charge is 0.326 e. The Balaban J connectivity index is 2.06. The number of halogens is 1. The van der Waals surface area contributed by atoms with Gasteiger partial charge in [-0.15, -0.1) is 5.10 Å². The third kappa shape index (κ3) is 4.25. The van der Waals surface area contributed by atoms with E-state index in [2.05, 4.69) is 26.2 Å². The van der Waals surface area contributed by atoms with Gasteiger partial charge in [-0.25, -0.2) is 4.68 Å². The van der Waals surface area contributed by atoms with E-state index in [4.69, 9.17) is 11.6 Å². The minimum Gasteiger partial charge on any atom is -0.326 e. The summed E-state index contributed by atoms with van der Waals surface area (Å²) >= 11 is 6.02. The van der Waals surface area contributed by atoms with Crippen molar-refractivity contribution in [1.29, 1.82) is 0 Å². The number of carbonyl (C=O) groups excluding carboxylic acids is 2. The molecule has 0 bridgehead atoms. The Hall–Kier alpha value is -2.48. The van der Waals surface area contributed by atoms with E-state index in [1.165, 1.54) is 11.0 Å². The second-order valence-electron chi connectivity index (χ2n) is 4.15. The number of aromatic nitrogens is 4. The molecule has 1 aromatic carbocycles. The van der Waals surface area contributed by atoms with E-state index >= 15 is 0 Å². The predicted octanol–water partition coefficient (Wildman–Crippen LogP) is 1.31. The van der Waals surface area contributed by atoms with Gasteiger partial charge in [0.1, 0.15) is 12.9 Å². The molecule has 2 aromatic rings. The van der Waals surface area contributed by atoms with Crippen LogP contribution in [0, 0.1) is 0 Å². The van der Waals surface area contributed by atoms with E-state index in [9.17, 15) is 9.59 Å².